The first kappa shape index (κ1) is 19.2. The van der Waals surface area contributed by atoms with Gasteiger partial charge in [-0.25, -0.2) is 9.18 Å². The highest BCUT2D eigenvalue weighted by atomic mass is 35.5. The quantitative estimate of drug-likeness (QED) is 0.421. The number of carbonyl (C=O) groups excluding carboxylic acids is 1. The van der Waals surface area contributed by atoms with E-state index in [1.165, 1.54) is 42.5 Å². The third-order valence-corrected chi connectivity index (χ3v) is 4.01. The molecule has 2 aromatic carbocycles. The summed E-state index contributed by atoms with van der Waals surface area (Å²) >= 11 is 5.75. The molecule has 0 unspecified atom stereocenters. The summed E-state index contributed by atoms with van der Waals surface area (Å²) in [6.45, 7) is 0. The second-order valence-electron chi connectivity index (χ2n) is 5.69. The van der Waals surface area contributed by atoms with Crippen LogP contribution < -0.4 is 5.32 Å². The molecule has 142 valence electrons. The number of aromatic carboxylic acids is 1. The number of carbonyl (C=O) groups is 2. The lowest BCUT2D eigenvalue weighted by molar-refractivity contribution is -0.111. The number of furan rings is 1. The third kappa shape index (κ3) is 4.39. The van der Waals surface area contributed by atoms with Gasteiger partial charge in [0.25, 0.3) is 0 Å². The van der Waals surface area contributed by atoms with E-state index in [0.717, 1.165) is 6.07 Å². The lowest BCUT2D eigenvalue weighted by Crippen LogP contribution is -2.08. The van der Waals surface area contributed by atoms with Gasteiger partial charge in [0.1, 0.15) is 28.7 Å². The van der Waals surface area contributed by atoms with Gasteiger partial charge >= 0.3 is 5.97 Å². The highest BCUT2D eigenvalue weighted by molar-refractivity contribution is 6.31. The summed E-state index contributed by atoms with van der Waals surface area (Å²) in [6.07, 6.45) is 2.62. The fourth-order valence-electron chi connectivity index (χ4n) is 2.37. The molecule has 0 fully saturated rings. The average molecular weight is 402 g/mol. The van der Waals surface area contributed by atoms with E-state index in [-0.39, 0.29) is 16.3 Å². The van der Waals surface area contributed by atoms with Crippen molar-refractivity contribution in [2.45, 2.75) is 0 Å². The van der Waals surface area contributed by atoms with Crippen LogP contribution in [0.15, 0.2) is 59.0 Å². The summed E-state index contributed by atoms with van der Waals surface area (Å²) in [7, 11) is 0. The average Bonchev–Trinajstić information content (AvgIpc) is 3.13. The van der Waals surface area contributed by atoms with Crippen molar-refractivity contribution in [1.29, 1.82) is 0 Å². The van der Waals surface area contributed by atoms with Gasteiger partial charge in [0.2, 0.25) is 5.91 Å². The third-order valence-electron chi connectivity index (χ3n) is 3.72. The number of rotatable bonds is 5. The molecule has 0 atom stereocenters. The Morgan fingerprint density at radius 2 is 1.89 bits per heavy atom. The Balaban J connectivity index is 1.70. The van der Waals surface area contributed by atoms with Crippen molar-refractivity contribution < 1.29 is 28.6 Å². The van der Waals surface area contributed by atoms with E-state index in [9.17, 15) is 19.1 Å². The Kier molecular flexibility index (Phi) is 5.47. The molecule has 0 bridgehead atoms. The number of carboxylic acid groups (broad SMARTS) is 1. The molecule has 3 aromatic rings. The van der Waals surface area contributed by atoms with Crippen molar-refractivity contribution in [3.05, 3.63) is 76.8 Å². The summed E-state index contributed by atoms with van der Waals surface area (Å²) < 4.78 is 18.8. The monoisotopic (exact) mass is 401 g/mol. The van der Waals surface area contributed by atoms with Crippen molar-refractivity contribution in [2.75, 3.05) is 5.32 Å². The molecule has 0 aliphatic carbocycles. The van der Waals surface area contributed by atoms with Crippen LogP contribution in [0, 0.1) is 5.82 Å². The first-order valence-corrected chi connectivity index (χ1v) is 8.32. The fraction of sp³-hybridized carbons (Fsp3) is 0. The van der Waals surface area contributed by atoms with Crippen LogP contribution in [0.4, 0.5) is 10.1 Å². The minimum atomic E-state index is -1.31. The summed E-state index contributed by atoms with van der Waals surface area (Å²) in [5.74, 6) is -1.94. The number of halogens is 2. The molecule has 28 heavy (non-hydrogen) atoms. The number of carboxylic acids is 1. The topological polar surface area (TPSA) is 99.8 Å². The van der Waals surface area contributed by atoms with E-state index in [0.29, 0.717) is 17.1 Å². The van der Waals surface area contributed by atoms with Crippen LogP contribution in [0.1, 0.15) is 16.1 Å². The molecule has 0 spiro atoms. The molecule has 0 saturated carbocycles. The Bertz CT molecular complexity index is 1090. The van der Waals surface area contributed by atoms with Gasteiger partial charge < -0.3 is 19.9 Å². The zero-order valence-electron chi connectivity index (χ0n) is 14.1. The van der Waals surface area contributed by atoms with Crippen LogP contribution >= 0.6 is 11.6 Å². The lowest BCUT2D eigenvalue weighted by atomic mass is 10.2. The highest BCUT2D eigenvalue weighted by Gasteiger charge is 2.11. The molecule has 1 amide bonds. The van der Waals surface area contributed by atoms with E-state index in [4.69, 9.17) is 21.1 Å². The second kappa shape index (κ2) is 7.98. The normalized spacial score (nSPS) is 10.9. The summed E-state index contributed by atoms with van der Waals surface area (Å²) in [6, 6.07) is 11.1. The van der Waals surface area contributed by atoms with Crippen LogP contribution in [0.2, 0.25) is 5.02 Å². The first-order chi connectivity index (χ1) is 13.3. The minimum absolute atomic E-state index is 0.0278. The maximum atomic E-state index is 13.2. The number of amides is 1. The Morgan fingerprint density at radius 1 is 1.11 bits per heavy atom. The number of hydrogen-bond donors (Lipinski definition) is 3. The largest absolute Gasteiger partial charge is 0.507 e. The van der Waals surface area contributed by atoms with Crippen molar-refractivity contribution in [2.24, 2.45) is 0 Å². The molecule has 0 saturated heterocycles. The van der Waals surface area contributed by atoms with Crippen molar-refractivity contribution in [1.82, 2.24) is 0 Å². The summed E-state index contributed by atoms with van der Waals surface area (Å²) in [4.78, 5) is 23.0. The van der Waals surface area contributed by atoms with Crippen molar-refractivity contribution >= 4 is 35.2 Å². The van der Waals surface area contributed by atoms with Gasteiger partial charge in [0.15, 0.2) is 0 Å². The number of phenols is 1. The fourth-order valence-corrected chi connectivity index (χ4v) is 2.55. The molecule has 1 aromatic heterocycles. The molecule has 0 radical (unpaired) electrons. The zero-order valence-corrected chi connectivity index (χ0v) is 14.9. The Hall–Kier alpha value is -3.58. The van der Waals surface area contributed by atoms with Crippen LogP contribution in [-0.2, 0) is 4.79 Å². The number of aromatic hydroxyl groups is 1. The molecular weight excluding hydrogens is 389 g/mol. The van der Waals surface area contributed by atoms with Crippen LogP contribution in [0.5, 0.6) is 5.75 Å². The van der Waals surface area contributed by atoms with Crippen LogP contribution in [0.3, 0.4) is 0 Å². The molecule has 3 N–H and O–H groups in total. The van der Waals surface area contributed by atoms with E-state index in [1.54, 1.807) is 12.1 Å². The number of benzene rings is 2. The smallest absolute Gasteiger partial charge is 0.339 e. The SMILES string of the molecule is O=C(/C=C/c1ccc(-c2ccc(F)c(Cl)c2)o1)Nc1ccc(O)c(C(=O)O)c1. The zero-order chi connectivity index (χ0) is 20.3. The summed E-state index contributed by atoms with van der Waals surface area (Å²) in [5, 5.41) is 20.9. The lowest BCUT2D eigenvalue weighted by Gasteiger charge is -2.05. The molecule has 0 aliphatic rings. The van der Waals surface area contributed by atoms with E-state index in [2.05, 4.69) is 5.32 Å². The van der Waals surface area contributed by atoms with Gasteiger partial charge in [-0.1, -0.05) is 11.6 Å². The van der Waals surface area contributed by atoms with E-state index >= 15 is 0 Å². The number of nitrogens with one attached hydrogen (secondary N) is 1. The molecule has 1 heterocycles. The van der Waals surface area contributed by atoms with E-state index in [1.807, 2.05) is 0 Å². The van der Waals surface area contributed by atoms with Crippen LogP contribution in [0.25, 0.3) is 17.4 Å². The van der Waals surface area contributed by atoms with Crippen LogP contribution in [-0.4, -0.2) is 22.1 Å². The van der Waals surface area contributed by atoms with E-state index < -0.39 is 23.4 Å². The predicted octanol–water partition coefficient (Wildman–Crippen LogP) is 4.79. The molecule has 8 heteroatoms. The molecule has 0 aliphatic heterocycles. The summed E-state index contributed by atoms with van der Waals surface area (Å²) in [5.41, 5.74) is 0.474. The van der Waals surface area contributed by atoms with Gasteiger partial charge in [0.05, 0.1) is 5.02 Å². The number of hydrogen-bond acceptors (Lipinski definition) is 4. The Morgan fingerprint density at radius 3 is 2.61 bits per heavy atom. The standard InChI is InChI=1S/C20H13ClFNO5/c21-15-9-11(1-5-16(15)22)18-7-3-13(28-18)4-8-19(25)23-12-2-6-17(24)14(10-12)20(26)27/h1-10,24H,(H,23,25)(H,26,27)/b8-4+. The van der Waals surface area contributed by atoms with Gasteiger partial charge in [-0.3, -0.25) is 4.79 Å². The van der Waals surface area contributed by atoms with Gasteiger partial charge in [0, 0.05) is 17.3 Å². The molecular formula is C20H13ClFNO5. The maximum Gasteiger partial charge on any atom is 0.339 e. The van der Waals surface area contributed by atoms with Gasteiger partial charge in [-0.2, -0.15) is 0 Å². The predicted molar refractivity (Wildman–Crippen MR) is 102 cm³/mol. The molecule has 6 nitrogen and oxygen atoms in total. The Labute approximate surface area is 163 Å². The van der Waals surface area contributed by atoms with Crippen molar-refractivity contribution in [3.63, 3.8) is 0 Å². The number of anilines is 1. The van der Waals surface area contributed by atoms with Crippen molar-refractivity contribution in [3.8, 4) is 17.1 Å². The van der Waals surface area contributed by atoms with Gasteiger partial charge in [-0.15, -0.1) is 0 Å². The maximum absolute atomic E-state index is 13.2. The highest BCUT2D eigenvalue weighted by Crippen LogP contribution is 2.27. The minimum Gasteiger partial charge on any atom is -0.507 e. The second-order valence-corrected chi connectivity index (χ2v) is 6.10. The molecule has 3 rings (SSSR count). The first-order valence-electron chi connectivity index (χ1n) is 7.94. The van der Waals surface area contributed by atoms with Gasteiger partial charge in [-0.05, 0) is 54.6 Å².